The zero-order chi connectivity index (χ0) is 21.7. The Bertz CT molecular complexity index is 892. The van der Waals surface area contributed by atoms with Crippen LogP contribution in [0.4, 0.5) is 5.69 Å². The van der Waals surface area contributed by atoms with E-state index in [9.17, 15) is 9.59 Å². The van der Waals surface area contributed by atoms with Gasteiger partial charge in [-0.3, -0.25) is 9.59 Å². The van der Waals surface area contributed by atoms with Crippen molar-refractivity contribution in [1.82, 2.24) is 10.6 Å². The molecule has 2 amide bonds. The average Bonchev–Trinajstić information content (AvgIpc) is 2.74. The van der Waals surface area contributed by atoms with Crippen molar-refractivity contribution in [2.75, 3.05) is 18.0 Å². The fourth-order valence-electron chi connectivity index (χ4n) is 3.56. The third-order valence-corrected chi connectivity index (χ3v) is 6.26. The molecule has 1 heterocycles. The Morgan fingerprint density at radius 2 is 1.70 bits per heavy atom. The van der Waals surface area contributed by atoms with Crippen LogP contribution in [-0.4, -0.2) is 37.0 Å². The van der Waals surface area contributed by atoms with Crippen LogP contribution in [0.1, 0.15) is 54.3 Å². The van der Waals surface area contributed by atoms with E-state index in [4.69, 9.17) is 0 Å². The largest absolute Gasteiger partial charge is 0.371 e. The van der Waals surface area contributed by atoms with Crippen LogP contribution in [0, 0.1) is 5.92 Å². The van der Waals surface area contributed by atoms with Crippen LogP contribution < -0.4 is 15.5 Å². The summed E-state index contributed by atoms with van der Waals surface area (Å²) in [7, 11) is 0. The summed E-state index contributed by atoms with van der Waals surface area (Å²) in [5.41, 5.74) is 2.33. The van der Waals surface area contributed by atoms with Gasteiger partial charge in [0.05, 0.1) is 5.56 Å². The van der Waals surface area contributed by atoms with Crippen LogP contribution in [0.25, 0.3) is 0 Å². The molecule has 0 bridgehead atoms. The maximum absolute atomic E-state index is 12.8. The molecule has 0 saturated carbocycles. The molecule has 1 unspecified atom stereocenters. The van der Waals surface area contributed by atoms with Gasteiger partial charge in [0.1, 0.15) is 0 Å². The van der Waals surface area contributed by atoms with E-state index in [0.29, 0.717) is 17.0 Å². The predicted molar refractivity (Wildman–Crippen MR) is 125 cm³/mol. The first kappa shape index (κ1) is 22.3. The molecular formula is C24H30BrN3O2. The molecule has 0 aliphatic carbocycles. The zero-order valence-corrected chi connectivity index (χ0v) is 19.4. The van der Waals surface area contributed by atoms with E-state index in [-0.39, 0.29) is 23.9 Å². The van der Waals surface area contributed by atoms with Crippen molar-refractivity contribution in [2.24, 2.45) is 5.92 Å². The number of nitrogens with one attached hydrogen (secondary N) is 2. The van der Waals surface area contributed by atoms with Gasteiger partial charge >= 0.3 is 0 Å². The molecule has 30 heavy (non-hydrogen) atoms. The van der Waals surface area contributed by atoms with E-state index in [0.717, 1.165) is 36.1 Å². The summed E-state index contributed by atoms with van der Waals surface area (Å²) in [5, 5.41) is 6.25. The first-order valence-electron chi connectivity index (χ1n) is 10.6. The first-order chi connectivity index (χ1) is 14.3. The Morgan fingerprint density at radius 1 is 1.00 bits per heavy atom. The molecule has 1 atom stereocenters. The molecule has 3 rings (SSSR count). The highest BCUT2D eigenvalue weighted by Crippen LogP contribution is 2.25. The number of hydrogen-bond donors (Lipinski definition) is 2. The molecule has 5 nitrogen and oxygen atoms in total. The molecule has 1 aliphatic rings. The number of nitrogens with zero attached hydrogens (tertiary/aromatic N) is 1. The summed E-state index contributed by atoms with van der Waals surface area (Å²) >= 11 is 3.41. The lowest BCUT2D eigenvalue weighted by atomic mass is 10.0. The van der Waals surface area contributed by atoms with Crippen LogP contribution in [0.5, 0.6) is 0 Å². The third kappa shape index (κ3) is 5.63. The molecule has 0 spiro atoms. The number of piperidine rings is 1. The number of carbonyl (C=O) groups is 2. The summed E-state index contributed by atoms with van der Waals surface area (Å²) in [5.74, 6) is 0.305. The molecule has 1 fully saturated rings. The SMILES string of the molecule is CC(C)C(C)NC(=O)c1ccccc1N1CCC(NC(=O)c2cccc(Br)c2)CC1. The molecule has 6 heteroatoms. The number of anilines is 1. The lowest BCUT2D eigenvalue weighted by Gasteiger charge is -2.35. The Labute approximate surface area is 187 Å². The van der Waals surface area contributed by atoms with Gasteiger partial charge in [-0.05, 0) is 56.0 Å². The van der Waals surface area contributed by atoms with E-state index in [1.165, 1.54) is 0 Å². The number of hydrogen-bond acceptors (Lipinski definition) is 3. The van der Waals surface area contributed by atoms with Gasteiger partial charge in [-0.2, -0.15) is 0 Å². The number of rotatable bonds is 6. The summed E-state index contributed by atoms with van der Waals surface area (Å²) < 4.78 is 0.895. The van der Waals surface area contributed by atoms with E-state index in [1.54, 1.807) is 0 Å². The fourth-order valence-corrected chi connectivity index (χ4v) is 3.96. The van der Waals surface area contributed by atoms with E-state index in [2.05, 4.69) is 45.3 Å². The van der Waals surface area contributed by atoms with Gasteiger partial charge in [-0.15, -0.1) is 0 Å². The monoisotopic (exact) mass is 471 g/mol. The van der Waals surface area contributed by atoms with Crippen LogP contribution in [0.2, 0.25) is 0 Å². The second kappa shape index (κ2) is 10.1. The Hall–Kier alpha value is -2.34. The molecule has 0 radical (unpaired) electrons. The first-order valence-corrected chi connectivity index (χ1v) is 11.4. The van der Waals surface area contributed by atoms with Gasteiger partial charge in [0.25, 0.3) is 11.8 Å². The number of para-hydroxylation sites is 1. The lowest BCUT2D eigenvalue weighted by molar-refractivity contribution is 0.0925. The topological polar surface area (TPSA) is 61.4 Å². The van der Waals surface area contributed by atoms with Gasteiger partial charge in [-0.1, -0.05) is 48.0 Å². The fraction of sp³-hybridized carbons (Fsp3) is 0.417. The maximum atomic E-state index is 12.8. The molecule has 1 saturated heterocycles. The number of benzene rings is 2. The van der Waals surface area contributed by atoms with Gasteiger partial charge in [-0.25, -0.2) is 0 Å². The van der Waals surface area contributed by atoms with Gasteiger partial charge in [0.2, 0.25) is 0 Å². The van der Waals surface area contributed by atoms with Crippen molar-refractivity contribution < 1.29 is 9.59 Å². The Kier molecular flexibility index (Phi) is 7.53. The van der Waals surface area contributed by atoms with Crippen molar-refractivity contribution in [3.05, 3.63) is 64.1 Å². The second-order valence-corrected chi connectivity index (χ2v) is 9.18. The lowest BCUT2D eigenvalue weighted by Crippen LogP contribution is -2.45. The van der Waals surface area contributed by atoms with Crippen LogP contribution >= 0.6 is 15.9 Å². The van der Waals surface area contributed by atoms with Crippen molar-refractivity contribution in [2.45, 2.75) is 45.7 Å². The van der Waals surface area contributed by atoms with Crippen LogP contribution in [-0.2, 0) is 0 Å². The molecule has 2 N–H and O–H groups in total. The molecular weight excluding hydrogens is 442 g/mol. The number of halogens is 1. The van der Waals surface area contributed by atoms with E-state index < -0.39 is 0 Å². The molecule has 1 aliphatic heterocycles. The van der Waals surface area contributed by atoms with Crippen LogP contribution in [0.15, 0.2) is 53.0 Å². The molecule has 0 aromatic heterocycles. The highest BCUT2D eigenvalue weighted by atomic mass is 79.9. The van der Waals surface area contributed by atoms with Crippen LogP contribution in [0.3, 0.4) is 0 Å². The highest BCUT2D eigenvalue weighted by molar-refractivity contribution is 9.10. The molecule has 160 valence electrons. The number of carbonyl (C=O) groups excluding carboxylic acids is 2. The quantitative estimate of drug-likeness (QED) is 0.645. The Balaban J connectivity index is 1.61. The van der Waals surface area contributed by atoms with E-state index in [1.807, 2.05) is 55.5 Å². The molecule has 2 aromatic rings. The summed E-state index contributed by atoms with van der Waals surface area (Å²) in [6.07, 6.45) is 1.69. The smallest absolute Gasteiger partial charge is 0.253 e. The van der Waals surface area contributed by atoms with E-state index >= 15 is 0 Å². The minimum Gasteiger partial charge on any atom is -0.371 e. The Morgan fingerprint density at radius 3 is 2.37 bits per heavy atom. The average molecular weight is 472 g/mol. The standard InChI is InChI=1S/C24H30BrN3O2/c1-16(2)17(3)26-24(30)21-9-4-5-10-22(21)28-13-11-20(12-14-28)27-23(29)18-7-6-8-19(25)15-18/h4-10,15-17,20H,11-14H2,1-3H3,(H,26,30)(H,27,29). The van der Waals surface area contributed by atoms with Crippen molar-refractivity contribution >= 4 is 33.4 Å². The highest BCUT2D eigenvalue weighted by Gasteiger charge is 2.24. The van der Waals surface area contributed by atoms with Crippen molar-refractivity contribution in [3.63, 3.8) is 0 Å². The van der Waals surface area contributed by atoms with Crippen molar-refractivity contribution in [1.29, 1.82) is 0 Å². The van der Waals surface area contributed by atoms with Crippen molar-refractivity contribution in [3.8, 4) is 0 Å². The summed E-state index contributed by atoms with van der Waals surface area (Å²) in [6.45, 7) is 7.83. The van der Waals surface area contributed by atoms with Gasteiger partial charge < -0.3 is 15.5 Å². The third-order valence-electron chi connectivity index (χ3n) is 5.77. The second-order valence-electron chi connectivity index (χ2n) is 8.27. The zero-order valence-electron chi connectivity index (χ0n) is 17.8. The summed E-state index contributed by atoms with van der Waals surface area (Å²) in [4.78, 5) is 27.6. The number of amides is 2. The van der Waals surface area contributed by atoms with Gasteiger partial charge in [0.15, 0.2) is 0 Å². The summed E-state index contributed by atoms with van der Waals surface area (Å²) in [6, 6.07) is 15.4. The maximum Gasteiger partial charge on any atom is 0.253 e. The van der Waals surface area contributed by atoms with Gasteiger partial charge in [0, 0.05) is 40.9 Å². The normalized spacial score (nSPS) is 15.7. The predicted octanol–water partition coefficient (Wildman–Crippen LogP) is 4.62. The minimum atomic E-state index is -0.0443. The molecule has 2 aromatic carbocycles. The minimum absolute atomic E-state index is 0.0307.